The number of hydrogen-bond acceptors (Lipinski definition) is 8. The Balaban J connectivity index is 1.34. The monoisotopic (exact) mass is 546 g/mol. The molecule has 11 heteroatoms. The molecule has 0 bridgehead atoms. The van der Waals surface area contributed by atoms with Gasteiger partial charge >= 0.3 is 0 Å². The molecule has 2 fully saturated rings. The number of halogens is 1. The van der Waals surface area contributed by atoms with E-state index in [-0.39, 0.29) is 23.4 Å². The Morgan fingerprint density at radius 1 is 1.18 bits per heavy atom. The molecule has 2 aromatic heterocycles. The molecule has 2 aromatic carbocycles. The molecule has 2 unspecified atom stereocenters. The summed E-state index contributed by atoms with van der Waals surface area (Å²) < 4.78 is 46.4. The van der Waals surface area contributed by atoms with Gasteiger partial charge in [-0.25, -0.2) is 22.5 Å². The molecule has 2 saturated heterocycles. The summed E-state index contributed by atoms with van der Waals surface area (Å²) >= 11 is 0. The van der Waals surface area contributed by atoms with Crippen molar-refractivity contribution in [3.63, 3.8) is 0 Å². The summed E-state index contributed by atoms with van der Waals surface area (Å²) in [5.41, 5.74) is 3.85. The van der Waals surface area contributed by atoms with Gasteiger partial charge in [-0.2, -0.15) is 5.10 Å². The molecule has 2 atom stereocenters. The Morgan fingerprint density at radius 3 is 2.77 bits per heavy atom. The maximum Gasteiger partial charge on any atom is 0.193 e. The summed E-state index contributed by atoms with van der Waals surface area (Å²) in [4.78, 5) is 11.4. The Morgan fingerprint density at radius 2 is 2.03 bits per heavy atom. The van der Waals surface area contributed by atoms with Crippen molar-refractivity contribution < 1.29 is 17.3 Å². The number of aliphatic imine (C=N–C) groups is 1. The van der Waals surface area contributed by atoms with Crippen molar-refractivity contribution in [3.05, 3.63) is 77.3 Å². The molecule has 4 aromatic rings. The van der Waals surface area contributed by atoms with Gasteiger partial charge in [-0.1, -0.05) is 23.4 Å². The lowest BCUT2D eigenvalue weighted by molar-refractivity contribution is 0.165. The first-order chi connectivity index (χ1) is 18.8. The van der Waals surface area contributed by atoms with E-state index >= 15 is 0 Å². The summed E-state index contributed by atoms with van der Waals surface area (Å²) in [6, 6.07) is 10.5. The van der Waals surface area contributed by atoms with Gasteiger partial charge in [0.15, 0.2) is 15.4 Å². The van der Waals surface area contributed by atoms with E-state index in [4.69, 9.17) is 9.52 Å². The number of aromatic nitrogens is 4. The fourth-order valence-corrected chi connectivity index (χ4v) is 8.53. The molecule has 9 nitrogen and oxygen atoms in total. The van der Waals surface area contributed by atoms with Crippen LogP contribution in [-0.4, -0.2) is 63.7 Å². The number of nitrogens with zero attached hydrogens (tertiary/aromatic N) is 6. The van der Waals surface area contributed by atoms with Gasteiger partial charge < -0.3 is 9.42 Å². The Bertz CT molecular complexity index is 1760. The van der Waals surface area contributed by atoms with Crippen molar-refractivity contribution in [1.82, 2.24) is 24.8 Å². The number of aryl methyl sites for hydroxylation is 1. The van der Waals surface area contributed by atoms with Crippen molar-refractivity contribution in [2.45, 2.75) is 32.2 Å². The SMILES string of the molecule is Cc1ncn(-c2ccc(/C=C3\CC4(CCS(=O)(=O)C4)CN4C3=NCCC4c3ccc(F)cc3)c3cnoc23)n1. The van der Waals surface area contributed by atoms with Gasteiger partial charge in [-0.3, -0.25) is 4.99 Å². The average molecular weight is 547 g/mol. The standard InChI is InChI=1S/C28H27FN6O3S/c1-18-31-17-35(33-18)25-7-4-20(23-14-32-38-26(23)25)12-21-13-28(9-11-39(36,37)16-28)15-34-24(8-10-30-27(21)34)19-2-5-22(29)6-3-19/h2-7,12,14,17,24H,8-11,13,15-16H2,1H3/b21-12+. The van der Waals surface area contributed by atoms with Crippen LogP contribution in [0.4, 0.5) is 4.39 Å². The first-order valence-corrected chi connectivity index (χ1v) is 14.9. The third-order valence-corrected chi connectivity index (χ3v) is 9.99. The highest BCUT2D eigenvalue weighted by Gasteiger charge is 2.49. The molecule has 0 amide bonds. The molecule has 0 N–H and O–H groups in total. The lowest BCUT2D eigenvalue weighted by Crippen LogP contribution is -2.51. The van der Waals surface area contributed by atoms with Gasteiger partial charge in [0.1, 0.15) is 29.5 Å². The Hall–Kier alpha value is -3.86. The predicted octanol–water partition coefficient (Wildman–Crippen LogP) is 4.29. The molecule has 1 spiro atoms. The van der Waals surface area contributed by atoms with Gasteiger partial charge in [0, 0.05) is 18.5 Å². The van der Waals surface area contributed by atoms with Gasteiger partial charge in [-0.15, -0.1) is 0 Å². The minimum atomic E-state index is -3.12. The zero-order valence-electron chi connectivity index (χ0n) is 21.4. The molecule has 200 valence electrons. The third-order valence-electron chi connectivity index (χ3n) is 8.11. The molecule has 0 aliphatic carbocycles. The summed E-state index contributed by atoms with van der Waals surface area (Å²) in [7, 11) is -3.12. The first-order valence-electron chi connectivity index (χ1n) is 13.0. The number of amidine groups is 1. The van der Waals surface area contributed by atoms with Crippen molar-refractivity contribution >= 4 is 32.7 Å². The topological polar surface area (TPSA) is 106 Å². The van der Waals surface area contributed by atoms with Crippen LogP contribution >= 0.6 is 0 Å². The molecule has 0 saturated carbocycles. The lowest BCUT2D eigenvalue weighted by Gasteiger charge is -2.48. The van der Waals surface area contributed by atoms with Crippen molar-refractivity contribution in [2.24, 2.45) is 10.4 Å². The van der Waals surface area contributed by atoms with Crippen LogP contribution < -0.4 is 0 Å². The second-order valence-corrected chi connectivity index (χ2v) is 13.0. The van der Waals surface area contributed by atoms with E-state index in [9.17, 15) is 12.8 Å². The molecule has 3 aliphatic heterocycles. The molecule has 7 rings (SSSR count). The highest BCUT2D eigenvalue weighted by molar-refractivity contribution is 7.91. The summed E-state index contributed by atoms with van der Waals surface area (Å²) in [5, 5.41) is 9.30. The van der Waals surface area contributed by atoms with Crippen LogP contribution in [0.3, 0.4) is 0 Å². The summed E-state index contributed by atoms with van der Waals surface area (Å²) in [6.07, 6.45) is 7.44. The number of benzene rings is 2. The van der Waals surface area contributed by atoms with Gasteiger partial charge in [-0.05, 0) is 67.2 Å². The molecule has 5 heterocycles. The highest BCUT2D eigenvalue weighted by Crippen LogP contribution is 2.47. The van der Waals surface area contributed by atoms with Crippen LogP contribution in [0.5, 0.6) is 0 Å². The predicted molar refractivity (Wildman–Crippen MR) is 145 cm³/mol. The number of rotatable bonds is 3. The molecular weight excluding hydrogens is 519 g/mol. The normalized spacial score (nSPS) is 25.4. The van der Waals surface area contributed by atoms with Crippen LogP contribution in [0, 0.1) is 18.2 Å². The maximum atomic E-state index is 13.7. The number of piperidine rings is 1. The van der Waals surface area contributed by atoms with Crippen molar-refractivity contribution in [3.8, 4) is 5.69 Å². The van der Waals surface area contributed by atoms with E-state index in [0.29, 0.717) is 37.3 Å². The zero-order valence-corrected chi connectivity index (χ0v) is 22.2. The van der Waals surface area contributed by atoms with E-state index in [0.717, 1.165) is 40.0 Å². The van der Waals surface area contributed by atoms with E-state index in [1.807, 2.05) is 31.2 Å². The second-order valence-electron chi connectivity index (χ2n) is 10.9. The maximum absolute atomic E-state index is 13.7. The fraction of sp³-hybridized carbons (Fsp3) is 0.357. The number of hydrogen-bond donors (Lipinski definition) is 0. The van der Waals surface area contributed by atoms with Crippen LogP contribution in [0.15, 0.2) is 64.0 Å². The average Bonchev–Trinajstić information content (AvgIpc) is 3.64. The molecule has 3 aliphatic rings. The molecular formula is C28H27FN6O3S. The minimum absolute atomic E-state index is 0.00415. The molecule has 39 heavy (non-hydrogen) atoms. The van der Waals surface area contributed by atoms with Crippen LogP contribution in [-0.2, 0) is 9.84 Å². The van der Waals surface area contributed by atoms with Gasteiger partial charge in [0.25, 0.3) is 0 Å². The van der Waals surface area contributed by atoms with E-state index in [1.165, 1.54) is 12.1 Å². The summed E-state index contributed by atoms with van der Waals surface area (Å²) in [6.45, 7) is 3.08. The Kier molecular flexibility index (Phi) is 5.48. The van der Waals surface area contributed by atoms with E-state index < -0.39 is 15.3 Å². The van der Waals surface area contributed by atoms with E-state index in [2.05, 4.69) is 26.2 Å². The molecule has 0 radical (unpaired) electrons. The number of fused-ring (bicyclic) bond motifs is 2. The highest BCUT2D eigenvalue weighted by atomic mass is 32.2. The van der Waals surface area contributed by atoms with Gasteiger partial charge in [0.2, 0.25) is 0 Å². The van der Waals surface area contributed by atoms with Crippen LogP contribution in [0.1, 0.15) is 42.3 Å². The third kappa shape index (κ3) is 4.25. The van der Waals surface area contributed by atoms with Crippen molar-refractivity contribution in [2.75, 3.05) is 24.6 Å². The van der Waals surface area contributed by atoms with Crippen molar-refractivity contribution in [1.29, 1.82) is 0 Å². The second kappa shape index (κ2) is 8.84. The zero-order chi connectivity index (χ0) is 26.8. The number of sulfone groups is 1. The quantitative estimate of drug-likeness (QED) is 0.377. The smallest absolute Gasteiger partial charge is 0.193 e. The lowest BCUT2D eigenvalue weighted by atomic mass is 9.75. The Labute approximate surface area is 225 Å². The summed E-state index contributed by atoms with van der Waals surface area (Å²) in [5.74, 6) is 1.61. The van der Waals surface area contributed by atoms with Gasteiger partial charge in [0.05, 0.1) is 29.1 Å². The van der Waals surface area contributed by atoms with Crippen LogP contribution in [0.2, 0.25) is 0 Å². The largest absolute Gasteiger partial charge is 0.354 e. The van der Waals surface area contributed by atoms with E-state index in [1.54, 1.807) is 17.2 Å². The fourth-order valence-electron chi connectivity index (χ4n) is 6.37. The van der Waals surface area contributed by atoms with Crippen LogP contribution in [0.25, 0.3) is 22.7 Å². The first kappa shape index (κ1) is 24.2. The minimum Gasteiger partial charge on any atom is -0.354 e.